The summed E-state index contributed by atoms with van der Waals surface area (Å²) in [5, 5.41) is 9.79. The van der Waals surface area contributed by atoms with Crippen LogP contribution in [-0.4, -0.2) is 82.6 Å². The summed E-state index contributed by atoms with van der Waals surface area (Å²) < 4.78 is 53.8. The third kappa shape index (κ3) is 42.4. The predicted octanol–water partition coefficient (Wildman–Crippen LogP) is 12.9. The maximum Gasteiger partial charge on any atom is 0.472 e. The molecule has 0 amide bonds. The van der Waals surface area contributed by atoms with E-state index >= 15 is 0 Å². The Balaban J connectivity index is 2.32. The van der Waals surface area contributed by atoms with Gasteiger partial charge in [-0.3, -0.25) is 23.2 Å². The molecule has 386 valence electrons. The number of phosphoric ester groups is 2. The molecule has 0 aromatic heterocycles. The van der Waals surface area contributed by atoms with E-state index in [1.807, 2.05) is 0 Å². The van der Waals surface area contributed by atoms with Crippen molar-refractivity contribution in [3.63, 3.8) is 0 Å². The number of unbranched alkanes of at least 4 members (excludes halogenated alkanes) is 20. The Morgan fingerprint density at radius 3 is 1.64 bits per heavy atom. The van der Waals surface area contributed by atoms with Crippen molar-refractivity contribution < 1.29 is 66.3 Å². The number of aliphatic hydroxyl groups excluding tert-OH is 1. The van der Waals surface area contributed by atoms with Crippen molar-refractivity contribution in [2.75, 3.05) is 26.4 Å². The molecule has 0 saturated carbocycles. The lowest BCUT2D eigenvalue weighted by Crippen LogP contribution is -2.30. The lowest BCUT2D eigenvalue weighted by molar-refractivity contribution is -0.161. The monoisotopic (exact) mass is 979 g/mol. The van der Waals surface area contributed by atoms with E-state index < -0.39 is 66.2 Å². The standard InChI is InChI=1S/C50H92O14P2/c1-4-5-6-7-8-9-10-20-23-26-29-32-36-47-48(64-47)37-34-39-49(52)59-42-46(43-62-66(57,58)61-41-45(51)40-60-65(54,55)56)63-50(53)38-33-30-27-24-21-18-16-14-12-11-13-15-17-19-22-25-28-31-35-44(2)3/h8-9,20,23,29,32,44-48,51H,4-7,10-19,21-22,24-28,30-31,33-43H2,1-3H3,(H,57,58)(H2,54,55,56)/b9-8-,23-20-,32-29-/t45-,46+,47?,48?/m0/s1. The van der Waals surface area contributed by atoms with Gasteiger partial charge in [0, 0.05) is 12.8 Å². The third-order valence-corrected chi connectivity index (χ3v) is 12.8. The van der Waals surface area contributed by atoms with Gasteiger partial charge in [0.2, 0.25) is 0 Å². The van der Waals surface area contributed by atoms with Gasteiger partial charge in [-0.25, -0.2) is 9.13 Å². The lowest BCUT2D eigenvalue weighted by Gasteiger charge is -2.20. The maximum absolute atomic E-state index is 12.8. The van der Waals surface area contributed by atoms with Gasteiger partial charge in [0.05, 0.1) is 32.0 Å². The van der Waals surface area contributed by atoms with Crippen LogP contribution in [0.25, 0.3) is 0 Å². The summed E-state index contributed by atoms with van der Waals surface area (Å²) in [5.41, 5.74) is 0. The predicted molar refractivity (Wildman–Crippen MR) is 262 cm³/mol. The number of aliphatic hydroxyl groups is 1. The van der Waals surface area contributed by atoms with Crippen LogP contribution in [-0.2, 0) is 46.5 Å². The highest BCUT2D eigenvalue weighted by Gasteiger charge is 2.37. The van der Waals surface area contributed by atoms with Crippen molar-refractivity contribution in [2.24, 2.45) is 5.92 Å². The molecule has 1 saturated heterocycles. The van der Waals surface area contributed by atoms with Crippen molar-refractivity contribution in [3.05, 3.63) is 36.5 Å². The van der Waals surface area contributed by atoms with E-state index in [-0.39, 0.29) is 25.0 Å². The molecule has 14 nitrogen and oxygen atoms in total. The maximum atomic E-state index is 12.8. The Labute approximate surface area is 399 Å². The normalized spacial score (nSPS) is 17.3. The van der Waals surface area contributed by atoms with Gasteiger partial charge in [0.15, 0.2) is 6.10 Å². The Hall–Kier alpha value is -1.70. The molecule has 4 N–H and O–H groups in total. The van der Waals surface area contributed by atoms with Crippen LogP contribution in [0, 0.1) is 5.92 Å². The van der Waals surface area contributed by atoms with Crippen LogP contribution in [0.15, 0.2) is 36.5 Å². The first-order valence-electron chi connectivity index (χ1n) is 25.7. The topological polar surface area (TPSA) is 208 Å². The minimum absolute atomic E-state index is 0.0805. The fraction of sp³-hybridized carbons (Fsp3) is 0.840. The van der Waals surface area contributed by atoms with Crippen LogP contribution in [0.3, 0.4) is 0 Å². The van der Waals surface area contributed by atoms with Gasteiger partial charge in [-0.2, -0.15) is 0 Å². The fourth-order valence-corrected chi connectivity index (χ4v) is 8.54. The second-order valence-electron chi connectivity index (χ2n) is 18.3. The summed E-state index contributed by atoms with van der Waals surface area (Å²) in [6.45, 7) is 4.04. The number of esters is 2. The first-order chi connectivity index (χ1) is 31.7. The quantitative estimate of drug-likeness (QED) is 0.0147. The van der Waals surface area contributed by atoms with Gasteiger partial charge in [-0.15, -0.1) is 0 Å². The highest BCUT2D eigenvalue weighted by Crippen LogP contribution is 2.44. The molecule has 1 aliphatic rings. The first kappa shape index (κ1) is 62.3. The number of carbonyl (C=O) groups is 2. The van der Waals surface area contributed by atoms with Gasteiger partial charge >= 0.3 is 27.6 Å². The number of hydrogen-bond donors (Lipinski definition) is 4. The van der Waals surface area contributed by atoms with Crippen molar-refractivity contribution in [1.29, 1.82) is 0 Å². The molecule has 0 aromatic carbocycles. The van der Waals surface area contributed by atoms with Crippen LogP contribution in [0.1, 0.15) is 213 Å². The van der Waals surface area contributed by atoms with Gasteiger partial charge < -0.3 is 34.0 Å². The van der Waals surface area contributed by atoms with Crippen LogP contribution in [0.5, 0.6) is 0 Å². The molecule has 0 bridgehead atoms. The third-order valence-electron chi connectivity index (χ3n) is 11.4. The second-order valence-corrected chi connectivity index (χ2v) is 21.0. The second kappa shape index (κ2) is 41.1. The lowest BCUT2D eigenvalue weighted by atomic mass is 10.0. The van der Waals surface area contributed by atoms with E-state index in [4.69, 9.17) is 33.0 Å². The number of carbonyl (C=O) groups excluding carboxylic acids is 2. The van der Waals surface area contributed by atoms with Crippen molar-refractivity contribution in [3.8, 4) is 0 Å². The Kier molecular flexibility index (Phi) is 38.8. The summed E-state index contributed by atoms with van der Waals surface area (Å²) >= 11 is 0. The van der Waals surface area contributed by atoms with E-state index in [2.05, 4.69) is 61.8 Å². The van der Waals surface area contributed by atoms with Crippen LogP contribution in [0.2, 0.25) is 0 Å². The molecule has 1 heterocycles. The molecular weight excluding hydrogens is 886 g/mol. The van der Waals surface area contributed by atoms with Crippen molar-refractivity contribution in [2.45, 2.75) is 238 Å². The van der Waals surface area contributed by atoms with Crippen molar-refractivity contribution >= 4 is 27.6 Å². The van der Waals surface area contributed by atoms with Gasteiger partial charge in [0.25, 0.3) is 0 Å². The number of allylic oxidation sites excluding steroid dienone is 5. The zero-order valence-corrected chi connectivity index (χ0v) is 42.9. The fourth-order valence-electron chi connectivity index (χ4n) is 7.39. The average Bonchev–Trinajstić information content (AvgIpc) is 4.02. The van der Waals surface area contributed by atoms with Crippen molar-refractivity contribution in [1.82, 2.24) is 0 Å². The summed E-state index contributed by atoms with van der Waals surface area (Å²) in [5.74, 6) is -0.270. The number of epoxide rings is 1. The zero-order valence-electron chi connectivity index (χ0n) is 41.2. The van der Waals surface area contributed by atoms with E-state index in [1.54, 1.807) is 0 Å². The summed E-state index contributed by atoms with van der Waals surface area (Å²) in [6.07, 6.45) is 42.9. The van der Waals surface area contributed by atoms with E-state index in [0.29, 0.717) is 19.3 Å². The molecular formula is C50H92O14P2. The smallest absolute Gasteiger partial charge is 0.462 e. The SMILES string of the molecule is CCCCC/C=C\C/C=C\C/C=C\CC1OC1CCCC(=O)OC[C@H](COP(=O)(O)OC[C@@H](O)COP(=O)(O)O)OC(=O)CCCCCCCCCCCCCCCCCCCCC(C)C. The summed E-state index contributed by atoms with van der Waals surface area (Å²) in [4.78, 5) is 53.1. The minimum atomic E-state index is -4.87. The molecule has 5 atom stereocenters. The zero-order chi connectivity index (χ0) is 48.6. The molecule has 66 heavy (non-hydrogen) atoms. The first-order valence-corrected chi connectivity index (χ1v) is 28.7. The number of hydrogen-bond acceptors (Lipinski definition) is 11. The molecule has 0 radical (unpaired) electrons. The van der Waals surface area contributed by atoms with E-state index in [0.717, 1.165) is 50.9 Å². The molecule has 0 aromatic rings. The Bertz CT molecular complexity index is 1380. The number of rotatable bonds is 47. The average molecular weight is 979 g/mol. The molecule has 3 unspecified atom stereocenters. The highest BCUT2D eigenvalue weighted by atomic mass is 31.2. The number of ether oxygens (including phenoxy) is 3. The molecule has 1 aliphatic heterocycles. The Morgan fingerprint density at radius 1 is 0.576 bits per heavy atom. The highest BCUT2D eigenvalue weighted by molar-refractivity contribution is 7.47. The minimum Gasteiger partial charge on any atom is -0.462 e. The molecule has 0 spiro atoms. The van der Waals surface area contributed by atoms with Crippen LogP contribution in [0.4, 0.5) is 0 Å². The molecule has 1 rings (SSSR count). The van der Waals surface area contributed by atoms with Gasteiger partial charge in [0.1, 0.15) is 12.7 Å². The van der Waals surface area contributed by atoms with E-state index in [9.17, 15) is 28.7 Å². The summed E-state index contributed by atoms with van der Waals surface area (Å²) in [6, 6.07) is 0. The molecule has 1 fully saturated rings. The van der Waals surface area contributed by atoms with Gasteiger partial charge in [-0.1, -0.05) is 186 Å². The Morgan fingerprint density at radius 2 is 1.08 bits per heavy atom. The van der Waals surface area contributed by atoms with Gasteiger partial charge in [-0.05, 0) is 57.3 Å². The van der Waals surface area contributed by atoms with Crippen LogP contribution >= 0.6 is 15.6 Å². The largest absolute Gasteiger partial charge is 0.472 e. The molecule has 0 aliphatic carbocycles. The van der Waals surface area contributed by atoms with Crippen LogP contribution < -0.4 is 0 Å². The summed E-state index contributed by atoms with van der Waals surface area (Å²) in [7, 11) is -9.71. The molecule has 16 heteroatoms. The number of phosphoric acid groups is 2. The van der Waals surface area contributed by atoms with E-state index in [1.165, 1.54) is 116 Å².